The number of aromatic nitrogens is 5. The zero-order valence-electron chi connectivity index (χ0n) is 10.6. The lowest BCUT2D eigenvalue weighted by molar-refractivity contribution is 0.0775. The molecule has 0 saturated heterocycles. The highest BCUT2D eigenvalue weighted by Crippen LogP contribution is 2.04. The Labute approximate surface area is 109 Å². The molecule has 0 aliphatic heterocycles. The average Bonchev–Trinajstić information content (AvgIpc) is 2.83. The molecule has 9 nitrogen and oxygen atoms in total. The molecule has 1 amide bonds. The number of anilines is 1. The van der Waals surface area contributed by atoms with E-state index < -0.39 is 0 Å². The fourth-order valence-corrected chi connectivity index (χ4v) is 1.45. The number of nitrogen functional groups attached to an aromatic ring is 1. The first kappa shape index (κ1) is 12.9. The van der Waals surface area contributed by atoms with E-state index in [4.69, 9.17) is 5.84 Å². The third kappa shape index (κ3) is 3.01. The van der Waals surface area contributed by atoms with Crippen LogP contribution in [0.5, 0.6) is 0 Å². The van der Waals surface area contributed by atoms with E-state index in [-0.39, 0.29) is 11.6 Å². The van der Waals surface area contributed by atoms with Crippen molar-refractivity contribution < 1.29 is 4.79 Å². The smallest absolute Gasteiger partial charge is 0.274 e. The van der Waals surface area contributed by atoms with Gasteiger partial charge in [-0.15, -0.1) is 0 Å². The van der Waals surface area contributed by atoms with E-state index >= 15 is 0 Å². The van der Waals surface area contributed by atoms with Gasteiger partial charge in [0.1, 0.15) is 11.5 Å². The minimum Gasteiger partial charge on any atom is -0.333 e. The quantitative estimate of drug-likeness (QED) is 0.499. The van der Waals surface area contributed by atoms with Crippen LogP contribution in [0, 0.1) is 6.92 Å². The van der Waals surface area contributed by atoms with Gasteiger partial charge in [0.15, 0.2) is 11.6 Å². The average molecular weight is 262 g/mol. The molecule has 0 spiro atoms. The van der Waals surface area contributed by atoms with Gasteiger partial charge in [-0.2, -0.15) is 5.10 Å². The molecular weight excluding hydrogens is 248 g/mol. The number of rotatable bonds is 4. The molecule has 0 aliphatic carbocycles. The number of carbonyl (C=O) groups excluding carboxylic acids is 1. The lowest BCUT2D eigenvalue weighted by atomic mass is 10.3. The van der Waals surface area contributed by atoms with Gasteiger partial charge in [-0.25, -0.2) is 20.8 Å². The van der Waals surface area contributed by atoms with Crippen LogP contribution in [0.2, 0.25) is 0 Å². The summed E-state index contributed by atoms with van der Waals surface area (Å²) in [5.41, 5.74) is 2.57. The summed E-state index contributed by atoms with van der Waals surface area (Å²) in [6, 6.07) is 0. The zero-order chi connectivity index (χ0) is 13.8. The van der Waals surface area contributed by atoms with Crippen molar-refractivity contribution in [3.05, 3.63) is 29.7 Å². The molecule has 100 valence electrons. The number of amides is 1. The molecule has 0 atom stereocenters. The van der Waals surface area contributed by atoms with Crippen LogP contribution < -0.4 is 11.3 Å². The minimum atomic E-state index is -0.265. The normalized spacial score (nSPS) is 10.3. The van der Waals surface area contributed by atoms with E-state index in [0.29, 0.717) is 24.0 Å². The molecular formula is C10H14N8O. The second-order valence-corrected chi connectivity index (χ2v) is 3.93. The van der Waals surface area contributed by atoms with Gasteiger partial charge in [0.05, 0.1) is 18.9 Å². The number of nitrogens with two attached hydrogens (primary N) is 1. The van der Waals surface area contributed by atoms with Crippen LogP contribution in [0.15, 0.2) is 12.4 Å². The maximum atomic E-state index is 12.1. The Kier molecular flexibility index (Phi) is 3.66. The number of nitrogens with zero attached hydrogens (tertiary/aromatic N) is 5. The molecule has 2 aromatic heterocycles. The zero-order valence-corrected chi connectivity index (χ0v) is 10.6. The predicted molar refractivity (Wildman–Crippen MR) is 66.8 cm³/mol. The Morgan fingerprint density at radius 1 is 1.47 bits per heavy atom. The highest BCUT2D eigenvalue weighted by molar-refractivity contribution is 5.91. The summed E-state index contributed by atoms with van der Waals surface area (Å²) in [4.78, 5) is 25.6. The number of hydrogen-bond acceptors (Lipinski definition) is 7. The molecule has 19 heavy (non-hydrogen) atoms. The van der Waals surface area contributed by atoms with Gasteiger partial charge in [0.25, 0.3) is 5.91 Å². The molecule has 0 radical (unpaired) electrons. The third-order valence-electron chi connectivity index (χ3n) is 2.39. The van der Waals surface area contributed by atoms with Crippen LogP contribution >= 0.6 is 0 Å². The fourth-order valence-electron chi connectivity index (χ4n) is 1.45. The van der Waals surface area contributed by atoms with Crippen LogP contribution in [0.1, 0.15) is 22.1 Å². The molecule has 2 aromatic rings. The van der Waals surface area contributed by atoms with Crippen molar-refractivity contribution >= 4 is 11.7 Å². The highest BCUT2D eigenvalue weighted by atomic mass is 16.2. The number of nitrogens with one attached hydrogen (secondary N) is 2. The van der Waals surface area contributed by atoms with Crippen LogP contribution in [0.4, 0.5) is 5.82 Å². The lowest BCUT2D eigenvalue weighted by Crippen LogP contribution is -2.27. The van der Waals surface area contributed by atoms with Crippen molar-refractivity contribution in [2.75, 3.05) is 12.5 Å². The van der Waals surface area contributed by atoms with E-state index in [2.05, 4.69) is 30.6 Å². The second-order valence-electron chi connectivity index (χ2n) is 3.93. The lowest BCUT2D eigenvalue weighted by Gasteiger charge is -2.14. The van der Waals surface area contributed by atoms with E-state index in [1.807, 2.05) is 0 Å². The molecule has 2 heterocycles. The molecule has 0 saturated carbocycles. The minimum absolute atomic E-state index is 0.230. The van der Waals surface area contributed by atoms with Gasteiger partial charge >= 0.3 is 0 Å². The fraction of sp³-hybridized carbons (Fsp3) is 0.300. The van der Waals surface area contributed by atoms with Crippen LogP contribution in [-0.4, -0.2) is 43.0 Å². The second kappa shape index (κ2) is 5.40. The Hall–Kier alpha value is -2.55. The summed E-state index contributed by atoms with van der Waals surface area (Å²) < 4.78 is 0. The molecule has 0 aliphatic rings. The van der Waals surface area contributed by atoms with E-state index in [1.165, 1.54) is 17.3 Å². The van der Waals surface area contributed by atoms with Gasteiger partial charge in [-0.3, -0.25) is 9.89 Å². The number of aromatic amines is 1. The van der Waals surface area contributed by atoms with Gasteiger partial charge in [-0.1, -0.05) is 0 Å². The van der Waals surface area contributed by atoms with Crippen molar-refractivity contribution in [2.45, 2.75) is 13.5 Å². The Balaban J connectivity index is 2.05. The van der Waals surface area contributed by atoms with E-state index in [1.54, 1.807) is 14.0 Å². The largest absolute Gasteiger partial charge is 0.333 e. The van der Waals surface area contributed by atoms with Crippen LogP contribution in [-0.2, 0) is 6.54 Å². The topological polar surface area (TPSA) is 126 Å². The van der Waals surface area contributed by atoms with E-state index in [0.717, 1.165) is 0 Å². The monoisotopic (exact) mass is 262 g/mol. The van der Waals surface area contributed by atoms with Crippen molar-refractivity contribution in [3.8, 4) is 0 Å². The number of hydrogen-bond donors (Lipinski definition) is 3. The number of hydrazine groups is 1. The van der Waals surface area contributed by atoms with Gasteiger partial charge in [-0.05, 0) is 6.92 Å². The molecule has 4 N–H and O–H groups in total. The predicted octanol–water partition coefficient (Wildman–Crippen LogP) is -0.539. The molecule has 0 aromatic carbocycles. The summed E-state index contributed by atoms with van der Waals surface area (Å²) in [6.45, 7) is 2.09. The standard InChI is InChI=1S/C10H14N8O/c1-6-14-9(17-16-6)5-18(2)10(19)7-3-13-8(15-11)4-12-7/h3-4H,5,11H2,1-2H3,(H,13,15)(H,14,16,17). The molecule has 0 unspecified atom stereocenters. The maximum Gasteiger partial charge on any atom is 0.274 e. The number of carbonyl (C=O) groups is 1. The first-order valence-electron chi connectivity index (χ1n) is 5.52. The summed E-state index contributed by atoms with van der Waals surface area (Å²) in [5, 5.41) is 6.69. The first-order valence-corrected chi connectivity index (χ1v) is 5.52. The molecule has 0 fully saturated rings. The van der Waals surface area contributed by atoms with E-state index in [9.17, 15) is 4.79 Å². The summed E-state index contributed by atoms with van der Waals surface area (Å²) in [5.74, 6) is 6.55. The first-order chi connectivity index (χ1) is 9.10. The maximum absolute atomic E-state index is 12.1. The highest BCUT2D eigenvalue weighted by Gasteiger charge is 2.15. The SMILES string of the molecule is Cc1nc(CN(C)C(=O)c2cnc(NN)cn2)n[nH]1. The van der Waals surface area contributed by atoms with Gasteiger partial charge in [0, 0.05) is 7.05 Å². The van der Waals surface area contributed by atoms with Crippen molar-refractivity contribution in [1.82, 2.24) is 30.0 Å². The van der Waals surface area contributed by atoms with Crippen LogP contribution in [0.3, 0.4) is 0 Å². The van der Waals surface area contributed by atoms with Crippen molar-refractivity contribution in [3.63, 3.8) is 0 Å². The summed E-state index contributed by atoms with van der Waals surface area (Å²) >= 11 is 0. The van der Waals surface area contributed by atoms with Crippen molar-refractivity contribution in [1.29, 1.82) is 0 Å². The Bertz CT molecular complexity index is 563. The molecule has 2 rings (SSSR count). The Morgan fingerprint density at radius 2 is 2.26 bits per heavy atom. The number of aryl methyl sites for hydroxylation is 1. The van der Waals surface area contributed by atoms with Crippen molar-refractivity contribution in [2.24, 2.45) is 5.84 Å². The van der Waals surface area contributed by atoms with Gasteiger partial charge < -0.3 is 10.3 Å². The summed E-state index contributed by atoms with van der Waals surface area (Å²) in [7, 11) is 1.64. The number of H-pyrrole nitrogens is 1. The summed E-state index contributed by atoms with van der Waals surface area (Å²) in [6.07, 6.45) is 2.75. The third-order valence-corrected chi connectivity index (χ3v) is 2.39. The molecule has 0 bridgehead atoms. The Morgan fingerprint density at radius 3 is 2.79 bits per heavy atom. The molecule has 9 heteroatoms. The van der Waals surface area contributed by atoms with Gasteiger partial charge in [0.2, 0.25) is 0 Å². The van der Waals surface area contributed by atoms with Crippen LogP contribution in [0.25, 0.3) is 0 Å².